The van der Waals surface area contributed by atoms with E-state index in [1.54, 1.807) is 4.68 Å². The number of esters is 1. The van der Waals surface area contributed by atoms with Crippen molar-refractivity contribution in [3.63, 3.8) is 0 Å². The molecule has 8 nitrogen and oxygen atoms in total. The van der Waals surface area contributed by atoms with Gasteiger partial charge in [0.2, 0.25) is 5.95 Å². The highest BCUT2D eigenvalue weighted by Crippen LogP contribution is 2.43. The zero-order chi connectivity index (χ0) is 26.6. The summed E-state index contributed by atoms with van der Waals surface area (Å²) in [6.45, 7) is 4.63. The molecule has 0 spiro atoms. The van der Waals surface area contributed by atoms with Crippen LogP contribution in [0.5, 0.6) is 11.5 Å². The Labute approximate surface area is 239 Å². The molecule has 1 N–H and O–H groups in total. The summed E-state index contributed by atoms with van der Waals surface area (Å²) in [5.41, 5.74) is 3.04. The minimum Gasteiger partial charge on any atom is -0.490 e. The number of carbonyl (C=O) groups is 1. The largest absolute Gasteiger partial charge is 0.490 e. The molecule has 0 radical (unpaired) electrons. The Morgan fingerprint density at radius 3 is 2.61 bits per heavy atom. The van der Waals surface area contributed by atoms with Crippen molar-refractivity contribution < 1.29 is 19.0 Å². The number of rotatable bonds is 8. The Morgan fingerprint density at radius 2 is 1.87 bits per heavy atom. The van der Waals surface area contributed by atoms with E-state index in [-0.39, 0.29) is 12.1 Å². The van der Waals surface area contributed by atoms with E-state index >= 15 is 0 Å². The molecule has 200 valence electrons. The molecule has 1 aliphatic heterocycles. The Hall–Kier alpha value is -2.85. The molecule has 2 aliphatic rings. The number of anilines is 1. The van der Waals surface area contributed by atoms with Crippen LogP contribution in [0.4, 0.5) is 5.95 Å². The molecule has 0 amide bonds. The first-order valence-corrected chi connectivity index (χ1v) is 14.4. The van der Waals surface area contributed by atoms with Crippen molar-refractivity contribution in [2.75, 3.05) is 11.9 Å². The molecule has 38 heavy (non-hydrogen) atoms. The molecular formula is C28H30Br2N4O4. The molecule has 1 saturated carbocycles. The fourth-order valence-electron chi connectivity index (χ4n) is 4.95. The van der Waals surface area contributed by atoms with Gasteiger partial charge in [-0.25, -0.2) is 9.48 Å². The summed E-state index contributed by atoms with van der Waals surface area (Å²) in [7, 11) is 0. The molecule has 3 aromatic rings. The molecule has 1 fully saturated rings. The van der Waals surface area contributed by atoms with Gasteiger partial charge in [0.05, 0.1) is 16.7 Å². The number of nitrogens with zero attached hydrogens (tertiary/aromatic N) is 3. The van der Waals surface area contributed by atoms with E-state index in [9.17, 15) is 4.79 Å². The number of halogens is 2. The highest BCUT2D eigenvalue weighted by Gasteiger charge is 2.36. The number of fused-ring (bicyclic) bond motifs is 1. The van der Waals surface area contributed by atoms with Crippen molar-refractivity contribution in [3.05, 3.63) is 74.1 Å². The SMILES string of the molecule is CCOc1cc(C2C(C(=O)OC3CCCCC3)=C(C)Nc3ncnn32)cc(Br)c1OCc1ccc(Br)cc1. The van der Waals surface area contributed by atoms with Gasteiger partial charge >= 0.3 is 5.97 Å². The number of ether oxygens (including phenoxy) is 3. The van der Waals surface area contributed by atoms with Gasteiger partial charge < -0.3 is 19.5 Å². The number of benzene rings is 2. The molecule has 1 aliphatic carbocycles. The van der Waals surface area contributed by atoms with Gasteiger partial charge in [0, 0.05) is 10.2 Å². The van der Waals surface area contributed by atoms with E-state index in [2.05, 4.69) is 47.3 Å². The molecule has 1 unspecified atom stereocenters. The van der Waals surface area contributed by atoms with E-state index in [1.165, 1.54) is 12.7 Å². The fraction of sp³-hybridized carbons (Fsp3) is 0.393. The lowest BCUT2D eigenvalue weighted by Crippen LogP contribution is -2.32. The van der Waals surface area contributed by atoms with Crippen LogP contribution in [0.2, 0.25) is 0 Å². The van der Waals surface area contributed by atoms with Gasteiger partial charge in [-0.2, -0.15) is 10.1 Å². The van der Waals surface area contributed by atoms with Crippen LogP contribution >= 0.6 is 31.9 Å². The van der Waals surface area contributed by atoms with Gasteiger partial charge in [-0.15, -0.1) is 0 Å². The normalized spacial score (nSPS) is 17.5. The Bertz CT molecular complexity index is 1330. The van der Waals surface area contributed by atoms with E-state index in [0.717, 1.165) is 41.3 Å². The van der Waals surface area contributed by atoms with Crippen LogP contribution in [0.25, 0.3) is 0 Å². The van der Waals surface area contributed by atoms with Crippen LogP contribution in [0.3, 0.4) is 0 Å². The highest BCUT2D eigenvalue weighted by molar-refractivity contribution is 9.10. The van der Waals surface area contributed by atoms with Gasteiger partial charge in [-0.1, -0.05) is 34.5 Å². The van der Waals surface area contributed by atoms with E-state index in [4.69, 9.17) is 14.2 Å². The van der Waals surface area contributed by atoms with Crippen LogP contribution < -0.4 is 14.8 Å². The Kier molecular flexibility index (Phi) is 8.38. The third-order valence-electron chi connectivity index (χ3n) is 6.78. The number of hydrogen-bond donors (Lipinski definition) is 1. The highest BCUT2D eigenvalue weighted by atomic mass is 79.9. The van der Waals surface area contributed by atoms with Crippen molar-refractivity contribution in [2.24, 2.45) is 0 Å². The summed E-state index contributed by atoms with van der Waals surface area (Å²) >= 11 is 7.16. The molecule has 10 heteroatoms. The molecule has 2 heterocycles. The lowest BCUT2D eigenvalue weighted by atomic mass is 9.94. The monoisotopic (exact) mass is 644 g/mol. The quantitative estimate of drug-likeness (QED) is 0.265. The minimum absolute atomic E-state index is 0.0607. The zero-order valence-corrected chi connectivity index (χ0v) is 24.5. The molecule has 0 saturated heterocycles. The van der Waals surface area contributed by atoms with Crippen LogP contribution in [0, 0.1) is 0 Å². The van der Waals surface area contributed by atoms with Crippen LogP contribution in [0.1, 0.15) is 63.1 Å². The third kappa shape index (κ3) is 5.76. The molecule has 2 aromatic carbocycles. The smallest absolute Gasteiger partial charge is 0.338 e. The maximum Gasteiger partial charge on any atom is 0.338 e. The first-order valence-electron chi connectivity index (χ1n) is 12.9. The van der Waals surface area contributed by atoms with Crippen LogP contribution in [0.15, 0.2) is 62.9 Å². The second-order valence-corrected chi connectivity index (χ2v) is 11.2. The first kappa shape index (κ1) is 26.7. The van der Waals surface area contributed by atoms with Crippen molar-refractivity contribution >= 4 is 43.8 Å². The van der Waals surface area contributed by atoms with E-state index < -0.39 is 6.04 Å². The predicted octanol–water partition coefficient (Wildman–Crippen LogP) is 6.95. The van der Waals surface area contributed by atoms with Crippen molar-refractivity contribution in [2.45, 2.75) is 64.7 Å². The summed E-state index contributed by atoms with van der Waals surface area (Å²) in [5, 5.41) is 7.66. The summed E-state index contributed by atoms with van der Waals surface area (Å²) in [6, 6.07) is 11.3. The van der Waals surface area contributed by atoms with Gasteiger partial charge in [0.25, 0.3) is 0 Å². The second kappa shape index (κ2) is 11.9. The van der Waals surface area contributed by atoms with Crippen molar-refractivity contribution in [1.29, 1.82) is 0 Å². The van der Waals surface area contributed by atoms with Crippen LogP contribution in [-0.2, 0) is 16.1 Å². The minimum atomic E-state index is -0.541. The summed E-state index contributed by atoms with van der Waals surface area (Å²) in [4.78, 5) is 17.9. The molecular weight excluding hydrogens is 616 g/mol. The number of allylic oxidation sites excluding steroid dienone is 1. The summed E-state index contributed by atoms with van der Waals surface area (Å²) < 4.78 is 21.7. The molecule has 1 aromatic heterocycles. The number of carbonyl (C=O) groups excluding carboxylic acids is 1. The zero-order valence-electron chi connectivity index (χ0n) is 21.4. The van der Waals surface area contributed by atoms with E-state index in [1.807, 2.05) is 50.2 Å². The maximum absolute atomic E-state index is 13.6. The average Bonchev–Trinajstić information content (AvgIpc) is 3.37. The number of nitrogens with one attached hydrogen (secondary N) is 1. The van der Waals surface area contributed by atoms with E-state index in [0.29, 0.717) is 46.4 Å². The lowest BCUT2D eigenvalue weighted by molar-refractivity contribution is -0.146. The topological polar surface area (TPSA) is 87.5 Å². The van der Waals surface area contributed by atoms with Gasteiger partial charge in [-0.3, -0.25) is 0 Å². The summed E-state index contributed by atoms with van der Waals surface area (Å²) in [6.07, 6.45) is 6.56. The molecule has 5 rings (SSSR count). The lowest BCUT2D eigenvalue weighted by Gasteiger charge is -2.30. The summed E-state index contributed by atoms with van der Waals surface area (Å²) in [5.74, 6) is 1.40. The standard InChI is InChI=1S/C28H30Br2N4O4/c1-3-36-23-14-19(13-22(30)26(23)37-15-18-9-11-20(29)12-10-18)25-24(17(2)33-28-31-16-32-34(25)28)27(35)38-21-7-5-4-6-8-21/h9-14,16,21,25H,3-8,15H2,1-2H3,(H,31,32,33). The fourth-order valence-corrected chi connectivity index (χ4v) is 5.78. The van der Waals surface area contributed by atoms with Gasteiger partial charge in [0.15, 0.2) is 11.5 Å². The number of aromatic nitrogens is 3. The third-order valence-corrected chi connectivity index (χ3v) is 7.90. The molecule has 0 bridgehead atoms. The van der Waals surface area contributed by atoms with Crippen LogP contribution in [-0.4, -0.2) is 33.4 Å². The number of hydrogen-bond acceptors (Lipinski definition) is 7. The van der Waals surface area contributed by atoms with Gasteiger partial charge in [0.1, 0.15) is 25.1 Å². The first-order chi connectivity index (χ1) is 18.4. The Morgan fingerprint density at radius 1 is 1.11 bits per heavy atom. The Balaban J connectivity index is 1.49. The maximum atomic E-state index is 13.6. The van der Waals surface area contributed by atoms with Crippen molar-refractivity contribution in [3.8, 4) is 11.5 Å². The van der Waals surface area contributed by atoms with Crippen molar-refractivity contribution in [1.82, 2.24) is 14.8 Å². The average molecular weight is 646 g/mol. The predicted molar refractivity (Wildman–Crippen MR) is 151 cm³/mol. The molecule has 1 atom stereocenters. The van der Waals surface area contributed by atoms with Gasteiger partial charge in [-0.05, 0) is 90.9 Å². The second-order valence-electron chi connectivity index (χ2n) is 9.44.